The molecule has 1 aliphatic heterocycles. The third-order valence-corrected chi connectivity index (χ3v) is 6.44. The molecule has 29 heavy (non-hydrogen) atoms. The number of nitrogens with one attached hydrogen (secondary N) is 2. The molecule has 2 rings (SSSR count). The van der Waals surface area contributed by atoms with Gasteiger partial charge in [-0.1, -0.05) is 25.8 Å². The van der Waals surface area contributed by atoms with E-state index in [2.05, 4.69) is 21.6 Å². The number of amides is 1. The fourth-order valence-electron chi connectivity index (χ4n) is 3.27. The van der Waals surface area contributed by atoms with Crippen molar-refractivity contribution >= 4 is 22.0 Å². The summed E-state index contributed by atoms with van der Waals surface area (Å²) in [4.78, 5) is 18.5. The molecule has 1 amide bonds. The Morgan fingerprint density at radius 2 is 2.03 bits per heavy atom. The molecule has 0 radical (unpaired) electrons. The molecule has 1 saturated carbocycles. The second-order valence-corrected chi connectivity index (χ2v) is 9.31. The quantitative estimate of drug-likeness (QED) is 0.473. The van der Waals surface area contributed by atoms with Crippen molar-refractivity contribution in [1.29, 1.82) is 0 Å². The number of hydrogen-bond donors (Lipinski definition) is 3. The third kappa shape index (κ3) is 6.69. The maximum atomic E-state index is 12.4. The van der Waals surface area contributed by atoms with Crippen molar-refractivity contribution in [2.24, 2.45) is 10.7 Å². The van der Waals surface area contributed by atoms with Gasteiger partial charge in [-0.05, 0) is 25.3 Å². The van der Waals surface area contributed by atoms with E-state index in [0.29, 0.717) is 36.2 Å². The molecule has 10 heteroatoms. The molecule has 0 aromatic rings. The number of amidine groups is 1. The molecule has 2 aliphatic rings. The molecule has 4 N–H and O–H groups in total. The lowest BCUT2D eigenvalue weighted by Crippen LogP contribution is -2.42. The SMILES string of the molecule is C=C(/N=C1\C(=C/N)C=CC(=O)N1CCCNS(=O)(=O)N(C)C)NC1CCCCC1. The van der Waals surface area contributed by atoms with Crippen molar-refractivity contribution in [2.75, 3.05) is 27.2 Å². The second kappa shape index (κ2) is 10.6. The number of carbonyl (C=O) groups excluding carboxylic acids is 1. The predicted octanol–water partition coefficient (Wildman–Crippen LogP) is 0.806. The van der Waals surface area contributed by atoms with Crippen molar-refractivity contribution in [2.45, 2.75) is 44.6 Å². The molecular weight excluding hydrogens is 392 g/mol. The van der Waals surface area contributed by atoms with E-state index in [1.165, 1.54) is 50.5 Å². The van der Waals surface area contributed by atoms with Crippen LogP contribution in [0, 0.1) is 0 Å². The minimum Gasteiger partial charge on any atom is -0.404 e. The van der Waals surface area contributed by atoms with E-state index in [1.54, 1.807) is 6.08 Å². The summed E-state index contributed by atoms with van der Waals surface area (Å²) >= 11 is 0. The minimum atomic E-state index is -3.50. The molecule has 162 valence electrons. The van der Waals surface area contributed by atoms with Crippen molar-refractivity contribution in [3.8, 4) is 0 Å². The van der Waals surface area contributed by atoms with Crippen LogP contribution in [0.15, 0.2) is 41.3 Å². The van der Waals surface area contributed by atoms with Gasteiger partial charge in [0.1, 0.15) is 11.7 Å². The number of carbonyl (C=O) groups is 1. The zero-order valence-electron chi connectivity index (χ0n) is 17.2. The van der Waals surface area contributed by atoms with Crippen LogP contribution in [0.2, 0.25) is 0 Å². The van der Waals surface area contributed by atoms with Gasteiger partial charge in [0, 0.05) is 51.1 Å². The average molecular weight is 425 g/mol. The minimum absolute atomic E-state index is 0.199. The molecule has 0 spiro atoms. The van der Waals surface area contributed by atoms with Gasteiger partial charge in [-0.25, -0.2) is 9.71 Å². The molecule has 1 heterocycles. The van der Waals surface area contributed by atoms with Crippen LogP contribution in [0.25, 0.3) is 0 Å². The highest BCUT2D eigenvalue weighted by Crippen LogP contribution is 2.19. The normalized spacial score (nSPS) is 21.3. The number of aliphatic imine (C=N–C) groups is 1. The van der Waals surface area contributed by atoms with E-state index in [1.807, 2.05) is 0 Å². The Morgan fingerprint density at radius 1 is 1.34 bits per heavy atom. The van der Waals surface area contributed by atoms with Gasteiger partial charge in [-0.2, -0.15) is 12.7 Å². The summed E-state index contributed by atoms with van der Waals surface area (Å²) in [7, 11) is -0.592. The smallest absolute Gasteiger partial charge is 0.278 e. The molecular formula is C19H32N6O3S. The van der Waals surface area contributed by atoms with Gasteiger partial charge in [-0.3, -0.25) is 9.69 Å². The van der Waals surface area contributed by atoms with Gasteiger partial charge in [0.2, 0.25) is 0 Å². The highest BCUT2D eigenvalue weighted by Gasteiger charge is 2.25. The van der Waals surface area contributed by atoms with Crippen LogP contribution in [-0.2, 0) is 15.0 Å². The van der Waals surface area contributed by atoms with E-state index < -0.39 is 10.2 Å². The van der Waals surface area contributed by atoms with Crippen molar-refractivity contribution in [1.82, 2.24) is 19.2 Å². The summed E-state index contributed by atoms with van der Waals surface area (Å²) in [6.45, 7) is 4.49. The molecule has 0 aromatic heterocycles. The van der Waals surface area contributed by atoms with E-state index in [4.69, 9.17) is 5.73 Å². The highest BCUT2D eigenvalue weighted by atomic mass is 32.2. The topological polar surface area (TPSA) is 120 Å². The first-order valence-electron chi connectivity index (χ1n) is 9.87. The van der Waals surface area contributed by atoms with Crippen LogP contribution < -0.4 is 15.8 Å². The highest BCUT2D eigenvalue weighted by molar-refractivity contribution is 7.87. The van der Waals surface area contributed by atoms with Gasteiger partial charge in [0.15, 0.2) is 0 Å². The fourth-order valence-corrected chi connectivity index (χ4v) is 3.93. The van der Waals surface area contributed by atoms with Crippen LogP contribution in [0.1, 0.15) is 38.5 Å². The molecule has 1 aliphatic carbocycles. The van der Waals surface area contributed by atoms with Gasteiger partial charge in [0.25, 0.3) is 16.1 Å². The van der Waals surface area contributed by atoms with Gasteiger partial charge < -0.3 is 11.1 Å². The molecule has 1 fully saturated rings. The van der Waals surface area contributed by atoms with Crippen LogP contribution in [0.4, 0.5) is 0 Å². The number of rotatable bonds is 9. The van der Waals surface area contributed by atoms with Gasteiger partial charge in [0.05, 0.1) is 0 Å². The summed E-state index contributed by atoms with van der Waals surface area (Å²) in [5.74, 6) is 0.687. The Kier molecular flexibility index (Phi) is 8.42. The standard InChI is InChI=1S/C19H32N6O3S/c1-15(22-17-8-5-4-6-9-17)23-19-16(14-20)10-11-18(26)25(19)13-7-12-21-29(27,28)24(2)3/h10-11,14,17,21-22H,1,4-9,12-13,20H2,2-3H3/b16-14-,23-19+. The Balaban J connectivity index is 2.05. The van der Waals surface area contributed by atoms with Crippen molar-refractivity contribution in [3.63, 3.8) is 0 Å². The van der Waals surface area contributed by atoms with Crippen LogP contribution in [0.5, 0.6) is 0 Å². The molecule has 0 bridgehead atoms. The van der Waals surface area contributed by atoms with Gasteiger partial charge in [-0.15, -0.1) is 0 Å². The zero-order chi connectivity index (χ0) is 21.4. The number of nitrogens with zero attached hydrogens (tertiary/aromatic N) is 3. The predicted molar refractivity (Wildman–Crippen MR) is 115 cm³/mol. The van der Waals surface area contributed by atoms with Crippen molar-refractivity contribution < 1.29 is 13.2 Å². The summed E-state index contributed by atoms with van der Waals surface area (Å²) in [6.07, 6.45) is 10.7. The third-order valence-electron chi connectivity index (χ3n) is 4.91. The van der Waals surface area contributed by atoms with Crippen LogP contribution in [0.3, 0.4) is 0 Å². The fraction of sp³-hybridized carbons (Fsp3) is 0.579. The van der Waals surface area contributed by atoms with Crippen LogP contribution in [-0.4, -0.2) is 62.6 Å². The molecule has 0 atom stereocenters. The second-order valence-electron chi connectivity index (χ2n) is 7.34. The van der Waals surface area contributed by atoms with Crippen LogP contribution >= 0.6 is 0 Å². The lowest BCUT2D eigenvalue weighted by atomic mass is 9.96. The van der Waals surface area contributed by atoms with E-state index in [0.717, 1.165) is 17.1 Å². The van der Waals surface area contributed by atoms with E-state index in [9.17, 15) is 13.2 Å². The summed E-state index contributed by atoms with van der Waals surface area (Å²) < 4.78 is 27.2. The largest absolute Gasteiger partial charge is 0.404 e. The maximum Gasteiger partial charge on any atom is 0.278 e. The zero-order valence-corrected chi connectivity index (χ0v) is 18.0. The Hall–Kier alpha value is -2.17. The summed E-state index contributed by atoms with van der Waals surface area (Å²) in [5.41, 5.74) is 6.34. The van der Waals surface area contributed by atoms with Crippen molar-refractivity contribution in [3.05, 3.63) is 36.3 Å². The summed E-state index contributed by atoms with van der Waals surface area (Å²) in [6, 6.07) is 0.342. The Morgan fingerprint density at radius 3 is 2.66 bits per heavy atom. The van der Waals surface area contributed by atoms with E-state index >= 15 is 0 Å². The Bertz CT molecular complexity index is 795. The lowest BCUT2D eigenvalue weighted by molar-refractivity contribution is -0.122. The van der Waals surface area contributed by atoms with E-state index in [-0.39, 0.29) is 12.5 Å². The number of nitrogens with two attached hydrogens (primary N) is 1. The maximum absolute atomic E-state index is 12.4. The average Bonchev–Trinajstić information content (AvgIpc) is 2.67. The Labute approximate surface area is 173 Å². The first-order chi connectivity index (χ1) is 13.7. The first-order valence-corrected chi connectivity index (χ1v) is 11.3. The first kappa shape index (κ1) is 23.1. The summed E-state index contributed by atoms with van der Waals surface area (Å²) in [5, 5.41) is 3.34. The molecule has 0 saturated heterocycles. The lowest BCUT2D eigenvalue weighted by Gasteiger charge is -2.28. The van der Waals surface area contributed by atoms with Gasteiger partial charge >= 0.3 is 0 Å². The monoisotopic (exact) mass is 424 g/mol. The molecule has 0 aromatic carbocycles. The molecule has 9 nitrogen and oxygen atoms in total. The molecule has 0 unspecified atom stereocenters. The number of hydrogen-bond acceptors (Lipinski definition) is 6.